The van der Waals surface area contributed by atoms with Crippen LogP contribution in [0.15, 0.2) is 28.7 Å². The Bertz CT molecular complexity index is 649. The van der Waals surface area contributed by atoms with Crippen LogP contribution in [0.25, 0.3) is 0 Å². The number of benzene rings is 1. The van der Waals surface area contributed by atoms with Gasteiger partial charge in [-0.2, -0.15) is 8.42 Å². The number of carbonyl (C=O) groups is 1. The first-order valence-electron chi connectivity index (χ1n) is 7.82. The number of carbonyl (C=O) groups excluding carboxylic acids is 1. The minimum absolute atomic E-state index is 0.246. The van der Waals surface area contributed by atoms with E-state index in [1.165, 1.54) is 0 Å². The summed E-state index contributed by atoms with van der Waals surface area (Å²) in [6.07, 6.45) is 2.53. The zero-order valence-electron chi connectivity index (χ0n) is 14.5. The molecule has 5 nitrogen and oxygen atoms in total. The lowest BCUT2D eigenvalue weighted by atomic mass is 10.0. The Hall–Kier alpha value is -0.920. The lowest BCUT2D eigenvalue weighted by Gasteiger charge is -2.20. The summed E-state index contributed by atoms with van der Waals surface area (Å²) in [5, 5.41) is 0. The second-order valence-corrected chi connectivity index (χ2v) is 9.10. The van der Waals surface area contributed by atoms with E-state index in [1.807, 2.05) is 45.0 Å². The number of rotatable bonds is 8. The molecule has 7 heteroatoms. The number of unbranched alkanes of at least 4 members (excludes halogenated alkanes) is 1. The summed E-state index contributed by atoms with van der Waals surface area (Å²) in [6, 6.07) is 7.36. The van der Waals surface area contributed by atoms with Crippen molar-refractivity contribution in [2.45, 2.75) is 58.2 Å². The van der Waals surface area contributed by atoms with Gasteiger partial charge in [0.25, 0.3) is 10.1 Å². The molecular weight excluding hydrogens is 396 g/mol. The molecule has 0 radical (unpaired) electrons. The quantitative estimate of drug-likeness (QED) is 0.354. The molecule has 0 saturated heterocycles. The maximum absolute atomic E-state index is 11.7. The molecule has 1 atom stereocenters. The highest BCUT2D eigenvalue weighted by molar-refractivity contribution is 9.10. The molecule has 1 rings (SSSR count). The van der Waals surface area contributed by atoms with E-state index in [1.54, 1.807) is 0 Å². The minimum atomic E-state index is -3.58. The summed E-state index contributed by atoms with van der Waals surface area (Å²) in [7, 11) is -3.58. The Labute approximate surface area is 153 Å². The van der Waals surface area contributed by atoms with E-state index in [9.17, 15) is 13.2 Å². The van der Waals surface area contributed by atoms with Gasteiger partial charge in [0.15, 0.2) is 0 Å². The highest BCUT2D eigenvalue weighted by Crippen LogP contribution is 2.31. The number of halogens is 1. The first kappa shape index (κ1) is 21.1. The van der Waals surface area contributed by atoms with E-state index in [-0.39, 0.29) is 5.97 Å². The molecule has 0 aliphatic carbocycles. The van der Waals surface area contributed by atoms with Crippen molar-refractivity contribution in [3.05, 3.63) is 34.3 Å². The van der Waals surface area contributed by atoms with Gasteiger partial charge in [-0.3, -0.25) is 8.98 Å². The maximum Gasteiger partial charge on any atom is 0.306 e. The summed E-state index contributed by atoms with van der Waals surface area (Å²) in [4.78, 5) is 11.7. The van der Waals surface area contributed by atoms with Gasteiger partial charge in [-0.1, -0.05) is 34.1 Å². The second-order valence-electron chi connectivity index (χ2n) is 6.64. The van der Waals surface area contributed by atoms with Crippen LogP contribution in [0.3, 0.4) is 0 Å². The molecule has 0 N–H and O–H groups in total. The monoisotopic (exact) mass is 420 g/mol. The van der Waals surface area contributed by atoms with Crippen molar-refractivity contribution in [2.24, 2.45) is 0 Å². The molecule has 0 aliphatic rings. The van der Waals surface area contributed by atoms with Gasteiger partial charge >= 0.3 is 5.97 Å². The van der Waals surface area contributed by atoms with Crippen LogP contribution >= 0.6 is 15.9 Å². The van der Waals surface area contributed by atoms with Crippen LogP contribution in [0.4, 0.5) is 0 Å². The minimum Gasteiger partial charge on any atom is -0.460 e. The van der Waals surface area contributed by atoms with Crippen molar-refractivity contribution in [1.82, 2.24) is 0 Å². The van der Waals surface area contributed by atoms with Gasteiger partial charge in [0.05, 0.1) is 6.26 Å². The largest absolute Gasteiger partial charge is 0.460 e. The van der Waals surface area contributed by atoms with Crippen LogP contribution in [0.5, 0.6) is 0 Å². The van der Waals surface area contributed by atoms with Crippen molar-refractivity contribution in [3.63, 3.8) is 0 Å². The van der Waals surface area contributed by atoms with E-state index < -0.39 is 21.8 Å². The third-order valence-electron chi connectivity index (χ3n) is 3.06. The summed E-state index contributed by atoms with van der Waals surface area (Å²) in [5.41, 5.74) is 0.286. The standard InChI is InChI=1S/C17H25BrO5S/c1-17(2,3)22-16(19)12-8-7-11-15(23-24(4,20)21)13-9-5-6-10-14(13)18/h5-6,9-10,15H,7-8,11-12H2,1-4H3/t15-/m1/s1. The summed E-state index contributed by atoms with van der Waals surface area (Å²) < 4.78 is 34.3. The van der Waals surface area contributed by atoms with Gasteiger partial charge in [-0.25, -0.2) is 0 Å². The molecule has 1 aromatic rings. The highest BCUT2D eigenvalue weighted by Gasteiger charge is 2.20. The van der Waals surface area contributed by atoms with Crippen molar-refractivity contribution in [3.8, 4) is 0 Å². The fourth-order valence-corrected chi connectivity index (χ4v) is 3.36. The van der Waals surface area contributed by atoms with Crippen molar-refractivity contribution in [2.75, 3.05) is 6.26 Å². The average Bonchev–Trinajstić information content (AvgIpc) is 2.39. The predicted molar refractivity (Wildman–Crippen MR) is 97.1 cm³/mol. The third kappa shape index (κ3) is 8.80. The van der Waals surface area contributed by atoms with Gasteiger partial charge in [0.2, 0.25) is 0 Å². The smallest absolute Gasteiger partial charge is 0.306 e. The van der Waals surface area contributed by atoms with Crippen LogP contribution < -0.4 is 0 Å². The number of ether oxygens (including phenoxy) is 1. The highest BCUT2D eigenvalue weighted by atomic mass is 79.9. The van der Waals surface area contributed by atoms with Gasteiger partial charge in [0.1, 0.15) is 11.7 Å². The molecule has 0 amide bonds. The first-order valence-corrected chi connectivity index (χ1v) is 10.4. The van der Waals surface area contributed by atoms with E-state index in [0.29, 0.717) is 25.7 Å². The Balaban J connectivity index is 2.61. The predicted octanol–water partition coefficient (Wildman–Crippen LogP) is 4.37. The van der Waals surface area contributed by atoms with Gasteiger partial charge in [0, 0.05) is 10.9 Å². The molecule has 0 bridgehead atoms. The average molecular weight is 421 g/mol. The fraction of sp³-hybridized carbons (Fsp3) is 0.588. The lowest BCUT2D eigenvalue weighted by molar-refractivity contribution is -0.154. The first-order chi connectivity index (χ1) is 11.0. The molecule has 0 heterocycles. The molecule has 0 aromatic heterocycles. The molecule has 1 aromatic carbocycles. The Morgan fingerprint density at radius 3 is 2.38 bits per heavy atom. The molecule has 24 heavy (non-hydrogen) atoms. The number of hydrogen-bond donors (Lipinski definition) is 0. The van der Waals surface area contributed by atoms with Gasteiger partial charge in [-0.05, 0) is 51.7 Å². The van der Waals surface area contributed by atoms with Gasteiger partial charge in [-0.15, -0.1) is 0 Å². The molecule has 0 unspecified atom stereocenters. The van der Waals surface area contributed by atoms with E-state index >= 15 is 0 Å². The molecule has 0 aliphatic heterocycles. The van der Waals surface area contributed by atoms with Crippen LogP contribution in [-0.4, -0.2) is 26.2 Å². The van der Waals surface area contributed by atoms with Crippen molar-refractivity contribution in [1.29, 1.82) is 0 Å². The summed E-state index contributed by atoms with van der Waals surface area (Å²) in [5.74, 6) is -0.246. The maximum atomic E-state index is 11.7. The second kappa shape index (κ2) is 8.97. The number of esters is 1. The Morgan fingerprint density at radius 1 is 1.21 bits per heavy atom. The van der Waals surface area contributed by atoms with Crippen molar-refractivity contribution < 1.29 is 22.1 Å². The number of hydrogen-bond acceptors (Lipinski definition) is 5. The zero-order valence-corrected chi connectivity index (χ0v) is 16.9. The molecule has 0 fully saturated rings. The third-order valence-corrected chi connectivity index (χ3v) is 4.36. The fourth-order valence-electron chi connectivity index (χ4n) is 2.19. The summed E-state index contributed by atoms with van der Waals surface area (Å²) in [6.45, 7) is 5.48. The van der Waals surface area contributed by atoms with Gasteiger partial charge < -0.3 is 4.74 Å². The van der Waals surface area contributed by atoms with Crippen LogP contribution in [0.1, 0.15) is 58.1 Å². The lowest BCUT2D eigenvalue weighted by Crippen LogP contribution is -2.23. The van der Waals surface area contributed by atoms with Crippen LogP contribution in [0.2, 0.25) is 0 Å². The topological polar surface area (TPSA) is 69.7 Å². The van der Waals surface area contributed by atoms with Crippen LogP contribution in [0, 0.1) is 0 Å². The SMILES string of the molecule is CC(C)(C)OC(=O)CCCC[C@@H](OS(C)(=O)=O)c1ccccc1Br. The Kier molecular flexibility index (Phi) is 7.89. The molecule has 0 spiro atoms. The molecular formula is C17H25BrO5S. The van der Waals surface area contributed by atoms with Crippen molar-refractivity contribution >= 4 is 32.0 Å². The summed E-state index contributed by atoms with van der Waals surface area (Å²) >= 11 is 3.42. The van der Waals surface area contributed by atoms with E-state index in [0.717, 1.165) is 16.3 Å². The molecule has 0 saturated carbocycles. The molecule has 136 valence electrons. The Morgan fingerprint density at radius 2 is 1.83 bits per heavy atom. The normalized spacial score (nSPS) is 13.5. The van der Waals surface area contributed by atoms with E-state index in [4.69, 9.17) is 8.92 Å². The zero-order chi connectivity index (χ0) is 18.4. The van der Waals surface area contributed by atoms with E-state index in [2.05, 4.69) is 15.9 Å². The van der Waals surface area contributed by atoms with Crippen LogP contribution in [-0.2, 0) is 23.8 Å².